The van der Waals surface area contributed by atoms with Gasteiger partial charge in [-0.15, -0.1) is 0 Å². The van der Waals surface area contributed by atoms with Crippen LogP contribution in [-0.4, -0.2) is 55.6 Å². The summed E-state index contributed by atoms with van der Waals surface area (Å²) in [6.45, 7) is 0.339. The number of ketones is 2. The lowest BCUT2D eigenvalue weighted by atomic mass is 9.59. The Bertz CT molecular complexity index is 1410. The highest BCUT2D eigenvalue weighted by molar-refractivity contribution is 6.22. The number of methoxy groups -OCH3 is 1. The summed E-state index contributed by atoms with van der Waals surface area (Å²) in [7, 11) is 1.57. The van der Waals surface area contributed by atoms with Crippen molar-refractivity contribution in [2.75, 3.05) is 7.11 Å². The number of aromatic hydroxyl groups is 1. The highest BCUT2D eigenvalue weighted by Crippen LogP contribution is 2.53. The maximum Gasteiger partial charge on any atom is 0.255 e. The summed E-state index contributed by atoms with van der Waals surface area (Å²) >= 11 is 0. The van der Waals surface area contributed by atoms with Crippen LogP contribution in [0.2, 0.25) is 0 Å². The van der Waals surface area contributed by atoms with E-state index >= 15 is 0 Å². The number of fused-ring (bicyclic) bond motifs is 3. The summed E-state index contributed by atoms with van der Waals surface area (Å²) in [5.41, 5.74) is 4.48. The van der Waals surface area contributed by atoms with Gasteiger partial charge in [0.25, 0.3) is 5.91 Å². The Labute approximate surface area is 205 Å². The molecule has 0 unspecified atom stereocenters. The zero-order valence-corrected chi connectivity index (χ0v) is 19.3. The molecule has 0 saturated heterocycles. The van der Waals surface area contributed by atoms with Crippen LogP contribution < -0.4 is 5.73 Å². The topological polar surface area (TPSA) is 180 Å². The van der Waals surface area contributed by atoms with Gasteiger partial charge >= 0.3 is 0 Å². The van der Waals surface area contributed by atoms with Crippen LogP contribution in [0.4, 0.5) is 0 Å². The number of hydrogen-bond acceptors (Lipinski definition) is 9. The summed E-state index contributed by atoms with van der Waals surface area (Å²) in [5.74, 6) is -6.54. The summed E-state index contributed by atoms with van der Waals surface area (Å²) in [5, 5.41) is 43.8. The van der Waals surface area contributed by atoms with Crippen molar-refractivity contribution in [2.45, 2.75) is 31.5 Å². The average Bonchev–Trinajstić information content (AvgIpc) is 2.81. The minimum Gasteiger partial charge on any atom is -0.508 e. The number of carbonyl (C=O) groups excluding carboxylic acids is 3. The number of ether oxygens (including phenoxy) is 1. The standard InChI is InChI=1S/C26H24N2O8/c1-36-10-11-4-13(9-28-8-11)15-2-3-17(29)20-16(15)6-12-5-14-7-18(30)21(25(27)34)24(33)26(14,35)23(32)19(12)22(20)31/h2-4,8-9,12,14,29,31,33,35H,5-7,10H2,1H3,(H2,27,34)/t12-,14+,26+/m1/s1. The molecule has 1 aromatic carbocycles. The maximum atomic E-state index is 13.6. The van der Waals surface area contributed by atoms with Crippen molar-refractivity contribution in [1.29, 1.82) is 0 Å². The van der Waals surface area contributed by atoms with E-state index in [4.69, 9.17) is 10.5 Å². The first-order chi connectivity index (χ1) is 17.1. The molecule has 1 aromatic heterocycles. The number of aliphatic hydroxyl groups is 3. The molecule has 0 radical (unpaired) electrons. The number of amides is 1. The van der Waals surface area contributed by atoms with Crippen LogP contribution in [0.5, 0.6) is 5.75 Å². The van der Waals surface area contributed by atoms with Crippen LogP contribution in [0.15, 0.2) is 47.5 Å². The molecular weight excluding hydrogens is 468 g/mol. The number of rotatable bonds is 4. The number of pyridine rings is 1. The lowest BCUT2D eigenvalue weighted by Gasteiger charge is -2.46. The molecule has 0 aliphatic heterocycles. The Balaban J connectivity index is 1.68. The molecule has 0 spiro atoms. The fourth-order valence-electron chi connectivity index (χ4n) is 5.77. The van der Waals surface area contributed by atoms with Crippen LogP contribution in [0.1, 0.15) is 29.5 Å². The van der Waals surface area contributed by atoms with Gasteiger partial charge in [0.2, 0.25) is 5.78 Å². The van der Waals surface area contributed by atoms with Gasteiger partial charge in [0.05, 0.1) is 12.2 Å². The Morgan fingerprint density at radius 1 is 1.19 bits per heavy atom. The fraction of sp³-hybridized carbons (Fsp3) is 0.308. The largest absolute Gasteiger partial charge is 0.508 e. The molecule has 5 rings (SSSR count). The number of aliphatic hydroxyl groups excluding tert-OH is 2. The first-order valence-corrected chi connectivity index (χ1v) is 11.3. The lowest BCUT2D eigenvalue weighted by molar-refractivity contribution is -0.147. The average molecular weight is 492 g/mol. The molecule has 1 fully saturated rings. The Morgan fingerprint density at radius 3 is 2.64 bits per heavy atom. The molecular formula is C26H24N2O8. The second-order valence-electron chi connectivity index (χ2n) is 9.41. The molecule has 36 heavy (non-hydrogen) atoms. The number of primary amides is 1. The lowest BCUT2D eigenvalue weighted by Crippen LogP contribution is -2.58. The highest BCUT2D eigenvalue weighted by Gasteiger charge is 2.60. The molecule has 3 aliphatic rings. The van der Waals surface area contributed by atoms with Crippen LogP contribution in [-0.2, 0) is 32.1 Å². The predicted molar refractivity (Wildman–Crippen MR) is 125 cm³/mol. The number of benzene rings is 1. The third-order valence-corrected chi connectivity index (χ3v) is 7.36. The van der Waals surface area contributed by atoms with Gasteiger partial charge in [0.15, 0.2) is 11.4 Å². The molecule has 0 bridgehead atoms. The Hall–Kier alpha value is -4.02. The van der Waals surface area contributed by atoms with E-state index in [2.05, 4.69) is 4.98 Å². The second kappa shape index (κ2) is 8.28. The second-order valence-corrected chi connectivity index (χ2v) is 9.41. The normalized spacial score (nSPS) is 25.4. The van der Waals surface area contributed by atoms with Crippen LogP contribution in [0, 0.1) is 11.8 Å². The Morgan fingerprint density at radius 2 is 1.94 bits per heavy atom. The molecule has 3 atom stereocenters. The van der Waals surface area contributed by atoms with Crippen LogP contribution in [0.3, 0.4) is 0 Å². The summed E-state index contributed by atoms with van der Waals surface area (Å²) in [6.07, 6.45) is 3.22. The van der Waals surface area contributed by atoms with Crippen molar-refractivity contribution < 1.29 is 39.5 Å². The van der Waals surface area contributed by atoms with Gasteiger partial charge < -0.3 is 30.9 Å². The van der Waals surface area contributed by atoms with E-state index in [0.717, 1.165) is 11.1 Å². The number of aromatic nitrogens is 1. The third-order valence-electron chi connectivity index (χ3n) is 7.36. The number of phenolic OH excluding ortho intramolecular Hbond substituents is 1. The van der Waals surface area contributed by atoms with Gasteiger partial charge in [-0.1, -0.05) is 6.07 Å². The van der Waals surface area contributed by atoms with Gasteiger partial charge in [-0.25, -0.2) is 0 Å². The van der Waals surface area contributed by atoms with Gasteiger partial charge in [-0.2, -0.15) is 0 Å². The zero-order valence-electron chi connectivity index (χ0n) is 19.3. The first-order valence-electron chi connectivity index (χ1n) is 11.3. The summed E-state index contributed by atoms with van der Waals surface area (Å²) < 4.78 is 5.18. The first kappa shape index (κ1) is 23.7. The van der Waals surface area contributed by atoms with E-state index in [1.54, 1.807) is 25.6 Å². The van der Waals surface area contributed by atoms with Gasteiger partial charge in [-0.05, 0) is 47.6 Å². The smallest absolute Gasteiger partial charge is 0.255 e. The Kier molecular flexibility index (Phi) is 5.46. The van der Waals surface area contributed by atoms with Gasteiger partial charge in [0.1, 0.15) is 22.8 Å². The molecule has 10 heteroatoms. The van der Waals surface area contributed by atoms with E-state index in [9.17, 15) is 34.8 Å². The molecule has 6 N–H and O–H groups in total. The number of nitrogens with two attached hydrogens (primary N) is 1. The fourth-order valence-corrected chi connectivity index (χ4v) is 5.77. The molecule has 2 aromatic rings. The van der Waals surface area contributed by atoms with E-state index in [-0.39, 0.29) is 36.1 Å². The van der Waals surface area contributed by atoms with Gasteiger partial charge in [0, 0.05) is 43.0 Å². The van der Waals surface area contributed by atoms with Crippen molar-refractivity contribution in [2.24, 2.45) is 17.6 Å². The monoisotopic (exact) mass is 492 g/mol. The van der Waals surface area contributed by atoms with Crippen molar-refractivity contribution in [3.8, 4) is 16.9 Å². The highest BCUT2D eigenvalue weighted by atomic mass is 16.5. The molecule has 1 heterocycles. The predicted octanol–water partition coefficient (Wildman–Crippen LogP) is 1.63. The number of carbonyl (C=O) groups is 3. The van der Waals surface area contributed by atoms with Crippen molar-refractivity contribution in [3.63, 3.8) is 0 Å². The van der Waals surface area contributed by atoms with Crippen LogP contribution >= 0.6 is 0 Å². The zero-order chi connectivity index (χ0) is 25.9. The van der Waals surface area contributed by atoms with Gasteiger partial charge in [-0.3, -0.25) is 19.4 Å². The number of hydrogen-bond donors (Lipinski definition) is 5. The van der Waals surface area contributed by atoms with Crippen molar-refractivity contribution in [1.82, 2.24) is 4.98 Å². The SMILES string of the molecule is COCc1cncc(-c2ccc(O)c3c2C[C@H]2C[C@H]4CC(=O)C(C(N)=O)=C(O)[C@@]4(O)C(=O)C2=C3O)c1. The molecule has 10 nitrogen and oxygen atoms in total. The molecule has 1 amide bonds. The molecule has 3 aliphatic carbocycles. The minimum absolute atomic E-state index is 0.0387. The maximum absolute atomic E-state index is 13.6. The van der Waals surface area contributed by atoms with Crippen molar-refractivity contribution >= 4 is 23.2 Å². The summed E-state index contributed by atoms with van der Waals surface area (Å²) in [6, 6.07) is 4.96. The quantitative estimate of drug-likeness (QED) is 0.396. The van der Waals surface area contributed by atoms with Crippen LogP contribution in [0.25, 0.3) is 16.9 Å². The van der Waals surface area contributed by atoms with E-state index in [1.807, 2.05) is 6.07 Å². The number of phenols is 1. The van der Waals surface area contributed by atoms with Crippen molar-refractivity contribution in [3.05, 3.63) is 64.2 Å². The van der Waals surface area contributed by atoms with E-state index < -0.39 is 52.0 Å². The molecule has 186 valence electrons. The van der Waals surface area contributed by atoms with E-state index in [0.29, 0.717) is 17.7 Å². The number of Topliss-reactive ketones (excluding diaryl/α,β-unsaturated/α-hetero) is 2. The molecule has 1 saturated carbocycles. The number of nitrogens with zero attached hydrogens (tertiary/aromatic N) is 1. The summed E-state index contributed by atoms with van der Waals surface area (Å²) in [4.78, 5) is 42.1. The minimum atomic E-state index is -2.58. The third kappa shape index (κ3) is 3.25. The van der Waals surface area contributed by atoms with E-state index in [1.165, 1.54) is 6.07 Å².